The molecule has 1 N–H and O–H groups in total. The van der Waals surface area contributed by atoms with Gasteiger partial charge in [0, 0.05) is 13.1 Å². The Labute approximate surface area is 98.9 Å². The van der Waals surface area contributed by atoms with Crippen LogP contribution >= 0.6 is 0 Å². The fourth-order valence-corrected chi connectivity index (χ4v) is 2.46. The van der Waals surface area contributed by atoms with Gasteiger partial charge in [-0.15, -0.1) is 0 Å². The van der Waals surface area contributed by atoms with Gasteiger partial charge in [0.05, 0.1) is 11.5 Å². The van der Waals surface area contributed by atoms with Gasteiger partial charge in [0.15, 0.2) is 0 Å². The van der Waals surface area contributed by atoms with Crippen molar-refractivity contribution in [1.29, 1.82) is 0 Å². The highest BCUT2D eigenvalue weighted by atomic mass is 19.1. The van der Waals surface area contributed by atoms with E-state index in [1.807, 2.05) is 6.07 Å². The molecule has 1 aromatic rings. The number of halogens is 1. The van der Waals surface area contributed by atoms with Crippen LogP contribution in [0.25, 0.3) is 0 Å². The number of benzene rings is 1. The van der Waals surface area contributed by atoms with Crippen molar-refractivity contribution in [1.82, 2.24) is 4.90 Å². The van der Waals surface area contributed by atoms with Crippen molar-refractivity contribution in [2.24, 2.45) is 0 Å². The molecule has 0 bridgehead atoms. The minimum Gasteiger partial charge on any atom is -0.389 e. The van der Waals surface area contributed by atoms with Crippen LogP contribution in [-0.4, -0.2) is 35.1 Å². The number of carbonyl (C=O) groups is 1. The van der Waals surface area contributed by atoms with Gasteiger partial charge in [0.1, 0.15) is 5.82 Å². The number of amides is 1. The van der Waals surface area contributed by atoms with Crippen molar-refractivity contribution in [2.75, 3.05) is 13.1 Å². The molecular weight excluding hydrogens is 221 g/mol. The maximum Gasteiger partial charge on any atom is 0.233 e. The van der Waals surface area contributed by atoms with E-state index in [0.29, 0.717) is 13.1 Å². The zero-order valence-corrected chi connectivity index (χ0v) is 9.40. The minimum absolute atomic E-state index is 0.0356. The third kappa shape index (κ3) is 1.63. The number of nitrogens with zero attached hydrogens (tertiary/aromatic N) is 1. The predicted octanol–water partition coefficient (Wildman–Crippen LogP) is 1.06. The lowest BCUT2D eigenvalue weighted by Crippen LogP contribution is -2.56. The van der Waals surface area contributed by atoms with Crippen LogP contribution in [0.1, 0.15) is 18.4 Å². The molecule has 90 valence electrons. The molecule has 1 aliphatic heterocycles. The fourth-order valence-electron chi connectivity index (χ4n) is 2.46. The van der Waals surface area contributed by atoms with E-state index >= 15 is 0 Å². The standard InChI is InChI=1S/C13H14FNO2/c14-10-3-1-2-9(6-10)13(4-5-13)12(17)15-7-11(16)8-15/h1-3,6,11,16H,4-5,7-8H2. The molecule has 0 radical (unpaired) electrons. The average Bonchev–Trinajstić information content (AvgIpc) is 3.05. The summed E-state index contributed by atoms with van der Waals surface area (Å²) in [4.78, 5) is 13.9. The molecule has 1 aromatic carbocycles. The third-order valence-corrected chi connectivity index (χ3v) is 3.69. The van der Waals surface area contributed by atoms with E-state index < -0.39 is 5.41 Å². The van der Waals surface area contributed by atoms with Crippen molar-refractivity contribution in [3.8, 4) is 0 Å². The van der Waals surface area contributed by atoms with E-state index in [2.05, 4.69) is 0 Å². The Bertz CT molecular complexity index is 464. The van der Waals surface area contributed by atoms with E-state index in [4.69, 9.17) is 0 Å². The zero-order valence-electron chi connectivity index (χ0n) is 9.40. The first-order chi connectivity index (χ1) is 8.12. The number of aliphatic hydroxyl groups excluding tert-OH is 1. The molecule has 1 saturated heterocycles. The molecule has 0 atom stereocenters. The predicted molar refractivity (Wildman–Crippen MR) is 59.9 cm³/mol. The summed E-state index contributed by atoms with van der Waals surface area (Å²) in [6, 6.07) is 6.28. The number of likely N-dealkylation sites (tertiary alicyclic amines) is 1. The number of hydrogen-bond acceptors (Lipinski definition) is 2. The largest absolute Gasteiger partial charge is 0.389 e. The molecule has 1 heterocycles. The SMILES string of the molecule is O=C(N1CC(O)C1)C1(c2cccc(F)c2)CC1. The molecule has 4 heteroatoms. The van der Waals surface area contributed by atoms with Crippen molar-refractivity contribution in [3.05, 3.63) is 35.6 Å². The lowest BCUT2D eigenvalue weighted by Gasteiger charge is -2.38. The summed E-state index contributed by atoms with van der Waals surface area (Å²) in [5.74, 6) is -0.265. The summed E-state index contributed by atoms with van der Waals surface area (Å²) in [5.41, 5.74) is 0.256. The number of carbonyl (C=O) groups excluding carboxylic acids is 1. The summed E-state index contributed by atoms with van der Waals surface area (Å²) in [6.07, 6.45) is 1.17. The molecule has 0 spiro atoms. The van der Waals surface area contributed by atoms with Crippen LogP contribution in [0.15, 0.2) is 24.3 Å². The second-order valence-corrected chi connectivity index (χ2v) is 4.96. The van der Waals surface area contributed by atoms with Crippen molar-refractivity contribution in [3.63, 3.8) is 0 Å². The van der Waals surface area contributed by atoms with E-state index in [9.17, 15) is 14.3 Å². The second kappa shape index (κ2) is 3.53. The first kappa shape index (κ1) is 10.7. The van der Waals surface area contributed by atoms with Gasteiger partial charge in [0.2, 0.25) is 5.91 Å². The van der Waals surface area contributed by atoms with E-state index in [1.165, 1.54) is 12.1 Å². The van der Waals surface area contributed by atoms with Crippen LogP contribution < -0.4 is 0 Å². The molecule has 17 heavy (non-hydrogen) atoms. The van der Waals surface area contributed by atoms with Gasteiger partial charge in [0.25, 0.3) is 0 Å². The Morgan fingerprint density at radius 1 is 1.41 bits per heavy atom. The first-order valence-electron chi connectivity index (χ1n) is 5.85. The maximum absolute atomic E-state index is 13.2. The number of hydrogen-bond donors (Lipinski definition) is 1. The van der Waals surface area contributed by atoms with Crippen LogP contribution in [0.3, 0.4) is 0 Å². The Morgan fingerprint density at radius 2 is 2.12 bits per heavy atom. The minimum atomic E-state index is -0.512. The van der Waals surface area contributed by atoms with Crippen molar-refractivity contribution < 1.29 is 14.3 Å². The number of β-amino-alcohol motifs (C(OH)–C–C–N with tert-alkyl or cyclic N) is 1. The van der Waals surface area contributed by atoms with Gasteiger partial charge in [-0.2, -0.15) is 0 Å². The van der Waals surface area contributed by atoms with Gasteiger partial charge in [-0.25, -0.2) is 4.39 Å². The van der Waals surface area contributed by atoms with Gasteiger partial charge >= 0.3 is 0 Å². The number of rotatable bonds is 2. The summed E-state index contributed by atoms with van der Waals surface area (Å²) in [5, 5.41) is 9.21. The summed E-state index contributed by atoms with van der Waals surface area (Å²) in [6.45, 7) is 0.825. The molecule has 3 nitrogen and oxygen atoms in total. The molecule has 0 aromatic heterocycles. The van der Waals surface area contributed by atoms with Gasteiger partial charge in [-0.1, -0.05) is 12.1 Å². The summed E-state index contributed by atoms with van der Waals surface area (Å²) < 4.78 is 13.2. The molecular formula is C13H14FNO2. The molecule has 1 aliphatic carbocycles. The normalized spacial score (nSPS) is 22.1. The zero-order chi connectivity index (χ0) is 12.0. The number of aliphatic hydroxyl groups is 1. The second-order valence-electron chi connectivity index (χ2n) is 4.96. The maximum atomic E-state index is 13.2. The molecule has 3 rings (SSSR count). The van der Waals surface area contributed by atoms with Crippen molar-refractivity contribution in [2.45, 2.75) is 24.4 Å². The quantitative estimate of drug-likeness (QED) is 0.832. The van der Waals surface area contributed by atoms with Crippen LogP contribution in [0.4, 0.5) is 4.39 Å². The fraction of sp³-hybridized carbons (Fsp3) is 0.462. The lowest BCUT2D eigenvalue weighted by molar-refractivity contribution is -0.144. The average molecular weight is 235 g/mol. The monoisotopic (exact) mass is 235 g/mol. The van der Waals surface area contributed by atoms with E-state index in [1.54, 1.807) is 11.0 Å². The van der Waals surface area contributed by atoms with Gasteiger partial charge in [-0.3, -0.25) is 4.79 Å². The Hall–Kier alpha value is -1.42. The van der Waals surface area contributed by atoms with Gasteiger partial charge < -0.3 is 10.0 Å². The van der Waals surface area contributed by atoms with E-state index in [0.717, 1.165) is 18.4 Å². The van der Waals surface area contributed by atoms with Crippen LogP contribution in [-0.2, 0) is 10.2 Å². The Balaban J connectivity index is 1.84. The molecule has 0 unspecified atom stereocenters. The Morgan fingerprint density at radius 3 is 2.65 bits per heavy atom. The molecule has 2 fully saturated rings. The third-order valence-electron chi connectivity index (χ3n) is 3.69. The van der Waals surface area contributed by atoms with Crippen molar-refractivity contribution >= 4 is 5.91 Å². The van der Waals surface area contributed by atoms with E-state index in [-0.39, 0.29) is 17.8 Å². The van der Waals surface area contributed by atoms with Crippen LogP contribution in [0.5, 0.6) is 0 Å². The van der Waals surface area contributed by atoms with Crippen LogP contribution in [0, 0.1) is 5.82 Å². The Kier molecular flexibility index (Phi) is 2.23. The molecule has 1 saturated carbocycles. The highest BCUT2D eigenvalue weighted by Gasteiger charge is 2.54. The topological polar surface area (TPSA) is 40.5 Å². The highest BCUT2D eigenvalue weighted by Crippen LogP contribution is 2.50. The summed E-state index contributed by atoms with van der Waals surface area (Å²) >= 11 is 0. The van der Waals surface area contributed by atoms with Crippen LogP contribution in [0.2, 0.25) is 0 Å². The summed E-state index contributed by atoms with van der Waals surface area (Å²) in [7, 11) is 0. The first-order valence-corrected chi connectivity index (χ1v) is 5.85. The van der Waals surface area contributed by atoms with Gasteiger partial charge in [-0.05, 0) is 30.5 Å². The smallest absolute Gasteiger partial charge is 0.233 e. The molecule has 2 aliphatic rings. The highest BCUT2D eigenvalue weighted by molar-refractivity contribution is 5.91. The molecule has 1 amide bonds. The lowest BCUT2D eigenvalue weighted by atomic mass is 9.92.